The van der Waals surface area contributed by atoms with Crippen LogP contribution in [-0.4, -0.2) is 42.0 Å². The zero-order valence-corrected chi connectivity index (χ0v) is 14.3. The number of likely N-dealkylation sites (N-methyl/N-ethyl adjacent to an activating group) is 1. The third kappa shape index (κ3) is 3.16. The van der Waals surface area contributed by atoms with Gasteiger partial charge in [0, 0.05) is 14.1 Å². The second-order valence-electron chi connectivity index (χ2n) is 5.43. The minimum Gasteiger partial charge on any atom is -0.447 e. The molecule has 0 radical (unpaired) electrons. The van der Waals surface area contributed by atoms with Crippen molar-refractivity contribution in [3.05, 3.63) is 42.2 Å². The molecule has 3 rings (SSSR count). The van der Waals surface area contributed by atoms with Crippen LogP contribution in [0.3, 0.4) is 0 Å². The summed E-state index contributed by atoms with van der Waals surface area (Å²) >= 11 is 1.48. The fraction of sp³-hybridized carbons (Fsp3) is 0.235. The van der Waals surface area contributed by atoms with Crippen LogP contribution in [0.5, 0.6) is 0 Å². The van der Waals surface area contributed by atoms with Crippen molar-refractivity contribution in [3.63, 3.8) is 0 Å². The van der Waals surface area contributed by atoms with Crippen LogP contribution < -0.4 is 0 Å². The van der Waals surface area contributed by atoms with E-state index < -0.39 is 12.1 Å². The van der Waals surface area contributed by atoms with Crippen LogP contribution >= 0.6 is 11.3 Å². The van der Waals surface area contributed by atoms with Crippen molar-refractivity contribution in [1.82, 2.24) is 9.88 Å². The standard InChI is InChI=1S/C17H16N2O4S/c1-10(16(20)19(2)3)22-17(21)13-9-8-12(23-13)15-18-11-6-4-5-7-14(11)24-15/h4-10H,1-3H3/t10-/m0/s1. The number of thiazole rings is 1. The highest BCUT2D eigenvalue weighted by atomic mass is 32.1. The van der Waals surface area contributed by atoms with Crippen LogP contribution in [0.2, 0.25) is 0 Å². The molecule has 0 aliphatic heterocycles. The topological polar surface area (TPSA) is 72.6 Å². The first-order valence-electron chi connectivity index (χ1n) is 7.33. The van der Waals surface area contributed by atoms with Crippen molar-refractivity contribution in [2.75, 3.05) is 14.1 Å². The van der Waals surface area contributed by atoms with Gasteiger partial charge < -0.3 is 14.1 Å². The monoisotopic (exact) mass is 344 g/mol. The molecule has 6 nitrogen and oxygen atoms in total. The van der Waals surface area contributed by atoms with Gasteiger partial charge in [-0.05, 0) is 31.2 Å². The lowest BCUT2D eigenvalue weighted by atomic mass is 10.3. The molecule has 0 spiro atoms. The van der Waals surface area contributed by atoms with Gasteiger partial charge in [0.1, 0.15) is 0 Å². The third-order valence-electron chi connectivity index (χ3n) is 3.38. The number of benzene rings is 1. The number of carbonyl (C=O) groups is 2. The Labute approximate surface area is 142 Å². The number of aromatic nitrogens is 1. The number of ether oxygens (including phenoxy) is 1. The molecule has 7 heteroatoms. The highest BCUT2D eigenvalue weighted by molar-refractivity contribution is 7.21. The van der Waals surface area contributed by atoms with Crippen LogP contribution in [0.15, 0.2) is 40.8 Å². The summed E-state index contributed by atoms with van der Waals surface area (Å²) in [7, 11) is 3.20. The molecule has 0 N–H and O–H groups in total. The second kappa shape index (κ2) is 6.45. The molecule has 0 fully saturated rings. The third-order valence-corrected chi connectivity index (χ3v) is 4.44. The zero-order valence-electron chi connectivity index (χ0n) is 13.5. The van der Waals surface area contributed by atoms with Gasteiger partial charge >= 0.3 is 5.97 Å². The molecule has 0 unspecified atom stereocenters. The maximum absolute atomic E-state index is 12.1. The maximum atomic E-state index is 12.1. The number of carbonyl (C=O) groups excluding carboxylic acids is 2. The molecule has 0 aliphatic rings. The molecule has 0 aliphatic carbocycles. The van der Waals surface area contributed by atoms with Gasteiger partial charge in [-0.15, -0.1) is 11.3 Å². The fourth-order valence-corrected chi connectivity index (χ4v) is 3.10. The van der Waals surface area contributed by atoms with E-state index in [1.165, 1.54) is 29.2 Å². The summed E-state index contributed by atoms with van der Waals surface area (Å²) in [6.45, 7) is 1.53. The van der Waals surface area contributed by atoms with Crippen LogP contribution in [0.4, 0.5) is 0 Å². The highest BCUT2D eigenvalue weighted by Crippen LogP contribution is 2.31. The Balaban J connectivity index is 1.77. The normalized spacial score (nSPS) is 12.1. The minimum absolute atomic E-state index is 0.0441. The Morgan fingerprint density at radius 3 is 2.67 bits per heavy atom. The number of para-hydroxylation sites is 1. The summed E-state index contributed by atoms with van der Waals surface area (Å²) in [6.07, 6.45) is -0.872. The van der Waals surface area contributed by atoms with Gasteiger partial charge in [0.05, 0.1) is 10.2 Å². The van der Waals surface area contributed by atoms with E-state index in [1.54, 1.807) is 20.2 Å². The van der Waals surface area contributed by atoms with Crippen LogP contribution in [0, 0.1) is 0 Å². The molecule has 2 heterocycles. The van der Waals surface area contributed by atoms with E-state index in [0.29, 0.717) is 10.8 Å². The van der Waals surface area contributed by atoms with Crippen molar-refractivity contribution < 1.29 is 18.7 Å². The molecular weight excluding hydrogens is 328 g/mol. The minimum atomic E-state index is -0.872. The summed E-state index contributed by atoms with van der Waals surface area (Å²) in [5.41, 5.74) is 0.878. The SMILES string of the molecule is C[C@H](OC(=O)c1ccc(-c2nc3ccccc3s2)o1)C(=O)N(C)C. The Morgan fingerprint density at radius 2 is 1.96 bits per heavy atom. The summed E-state index contributed by atoms with van der Waals surface area (Å²) in [5.74, 6) is -0.427. The predicted octanol–water partition coefficient (Wildman–Crippen LogP) is 3.19. The van der Waals surface area contributed by atoms with Crippen molar-refractivity contribution in [3.8, 4) is 10.8 Å². The lowest BCUT2D eigenvalue weighted by molar-refractivity contribution is -0.137. The molecule has 24 heavy (non-hydrogen) atoms. The zero-order chi connectivity index (χ0) is 17.3. The summed E-state index contributed by atoms with van der Waals surface area (Å²) < 4.78 is 11.7. The van der Waals surface area contributed by atoms with Crippen LogP contribution in [0.25, 0.3) is 21.0 Å². The number of esters is 1. The van der Waals surface area contributed by atoms with E-state index in [-0.39, 0.29) is 11.7 Å². The fourth-order valence-electron chi connectivity index (χ4n) is 2.17. The summed E-state index contributed by atoms with van der Waals surface area (Å²) in [6, 6.07) is 11.0. The summed E-state index contributed by atoms with van der Waals surface area (Å²) in [4.78, 5) is 29.7. The molecule has 1 atom stereocenters. The maximum Gasteiger partial charge on any atom is 0.375 e. The first-order valence-corrected chi connectivity index (χ1v) is 8.15. The highest BCUT2D eigenvalue weighted by Gasteiger charge is 2.23. The first-order chi connectivity index (χ1) is 11.5. The summed E-state index contributed by atoms with van der Waals surface area (Å²) in [5, 5.41) is 0.688. The van der Waals surface area contributed by atoms with Gasteiger partial charge in [-0.3, -0.25) is 4.79 Å². The average molecular weight is 344 g/mol. The van der Waals surface area contributed by atoms with Gasteiger partial charge in [-0.2, -0.15) is 0 Å². The Kier molecular flexibility index (Phi) is 4.35. The van der Waals surface area contributed by atoms with E-state index in [4.69, 9.17) is 9.15 Å². The first kappa shape index (κ1) is 16.2. The molecule has 3 aromatic rings. The molecule has 0 saturated carbocycles. The van der Waals surface area contributed by atoms with Gasteiger partial charge in [-0.1, -0.05) is 12.1 Å². The molecule has 0 saturated heterocycles. The molecule has 124 valence electrons. The number of rotatable bonds is 4. The van der Waals surface area contributed by atoms with Crippen molar-refractivity contribution in [1.29, 1.82) is 0 Å². The van der Waals surface area contributed by atoms with Crippen LogP contribution in [0.1, 0.15) is 17.5 Å². The van der Waals surface area contributed by atoms with E-state index in [9.17, 15) is 9.59 Å². The number of furan rings is 1. The van der Waals surface area contributed by atoms with Crippen molar-refractivity contribution in [2.24, 2.45) is 0 Å². The number of fused-ring (bicyclic) bond motifs is 1. The quantitative estimate of drug-likeness (QED) is 0.680. The molecule has 1 amide bonds. The largest absolute Gasteiger partial charge is 0.447 e. The Morgan fingerprint density at radius 1 is 1.21 bits per heavy atom. The van der Waals surface area contributed by atoms with Crippen LogP contribution in [-0.2, 0) is 9.53 Å². The lowest BCUT2D eigenvalue weighted by Gasteiger charge is -2.16. The molecule has 2 aromatic heterocycles. The van der Waals surface area contributed by atoms with E-state index >= 15 is 0 Å². The second-order valence-corrected chi connectivity index (χ2v) is 6.46. The molecule has 1 aromatic carbocycles. The van der Waals surface area contributed by atoms with E-state index in [1.807, 2.05) is 24.3 Å². The average Bonchev–Trinajstić information content (AvgIpc) is 3.20. The van der Waals surface area contributed by atoms with Gasteiger partial charge in [-0.25, -0.2) is 9.78 Å². The Bertz CT molecular complexity index is 864. The predicted molar refractivity (Wildman–Crippen MR) is 90.9 cm³/mol. The van der Waals surface area contributed by atoms with Gasteiger partial charge in [0.15, 0.2) is 16.9 Å². The van der Waals surface area contributed by atoms with Crippen molar-refractivity contribution >= 4 is 33.4 Å². The Hall–Kier alpha value is -2.67. The number of hydrogen-bond donors (Lipinski definition) is 0. The lowest BCUT2D eigenvalue weighted by Crippen LogP contribution is -2.34. The van der Waals surface area contributed by atoms with E-state index in [2.05, 4.69) is 4.98 Å². The van der Waals surface area contributed by atoms with E-state index in [0.717, 1.165) is 10.2 Å². The number of amides is 1. The number of nitrogens with zero attached hydrogens (tertiary/aromatic N) is 2. The van der Waals surface area contributed by atoms with Crippen molar-refractivity contribution in [2.45, 2.75) is 13.0 Å². The van der Waals surface area contributed by atoms with Gasteiger partial charge in [0.2, 0.25) is 5.76 Å². The molecular formula is C17H16N2O4S. The van der Waals surface area contributed by atoms with Gasteiger partial charge in [0.25, 0.3) is 5.91 Å². The number of hydrogen-bond acceptors (Lipinski definition) is 6. The molecule has 0 bridgehead atoms. The smallest absolute Gasteiger partial charge is 0.375 e.